The molecule has 3 heterocycles. The van der Waals surface area contributed by atoms with E-state index in [0.717, 1.165) is 57.9 Å². The second kappa shape index (κ2) is 11.4. The fourth-order valence-corrected chi connectivity index (χ4v) is 4.85. The van der Waals surface area contributed by atoms with Crippen molar-refractivity contribution in [3.8, 4) is 0 Å². The Labute approximate surface area is 208 Å². The summed E-state index contributed by atoms with van der Waals surface area (Å²) in [6.07, 6.45) is 1.42. The molecule has 2 aliphatic rings. The van der Waals surface area contributed by atoms with Crippen molar-refractivity contribution in [1.29, 1.82) is 0 Å². The number of H-pyrrole nitrogens is 1. The van der Waals surface area contributed by atoms with Gasteiger partial charge in [-0.1, -0.05) is 51.1 Å². The monoisotopic (exact) mass is 480 g/mol. The molecule has 2 saturated heterocycles. The van der Waals surface area contributed by atoms with Gasteiger partial charge in [-0.05, 0) is 17.4 Å². The fourth-order valence-electron chi connectivity index (χ4n) is 4.85. The average molecular weight is 481 g/mol. The van der Waals surface area contributed by atoms with E-state index >= 15 is 0 Å². The Kier molecular flexibility index (Phi) is 8.23. The van der Waals surface area contributed by atoms with Gasteiger partial charge in [0.2, 0.25) is 11.9 Å². The number of hydrogen-bond acceptors (Lipinski definition) is 6. The summed E-state index contributed by atoms with van der Waals surface area (Å²) in [6, 6.07) is 12.2. The van der Waals surface area contributed by atoms with E-state index in [9.17, 15) is 9.59 Å². The van der Waals surface area contributed by atoms with Crippen LogP contribution in [-0.4, -0.2) is 82.9 Å². The lowest BCUT2D eigenvalue weighted by Crippen LogP contribution is -2.45. The molecule has 1 aromatic heterocycles. The number of benzene rings is 1. The third-order valence-electron chi connectivity index (χ3n) is 6.71. The second-order valence-corrected chi connectivity index (χ2v) is 11.1. The molecule has 2 aliphatic heterocycles. The number of anilines is 1. The number of nitrogens with one attached hydrogen (secondary N) is 1. The Morgan fingerprint density at radius 1 is 0.914 bits per heavy atom. The van der Waals surface area contributed by atoms with E-state index in [0.29, 0.717) is 32.0 Å². The third-order valence-corrected chi connectivity index (χ3v) is 6.71. The Hall–Kier alpha value is -2.71. The minimum atomic E-state index is -0.113. The minimum absolute atomic E-state index is 0.0166. The second-order valence-electron chi connectivity index (χ2n) is 11.1. The maximum Gasteiger partial charge on any atom is 0.252 e. The first kappa shape index (κ1) is 25.4. The number of amides is 1. The van der Waals surface area contributed by atoms with Crippen LogP contribution in [-0.2, 0) is 17.9 Å². The van der Waals surface area contributed by atoms with Gasteiger partial charge < -0.3 is 9.80 Å². The molecule has 2 fully saturated rings. The lowest BCUT2D eigenvalue weighted by atomic mass is 9.91. The van der Waals surface area contributed by atoms with Crippen LogP contribution in [0.3, 0.4) is 0 Å². The van der Waals surface area contributed by atoms with Crippen molar-refractivity contribution in [2.24, 2.45) is 5.41 Å². The summed E-state index contributed by atoms with van der Waals surface area (Å²) in [6.45, 7) is 14.8. The zero-order chi connectivity index (χ0) is 24.8. The van der Waals surface area contributed by atoms with Crippen LogP contribution in [0.1, 0.15) is 44.9 Å². The van der Waals surface area contributed by atoms with Crippen molar-refractivity contribution in [1.82, 2.24) is 24.7 Å². The zero-order valence-corrected chi connectivity index (χ0v) is 21.5. The van der Waals surface area contributed by atoms with Crippen LogP contribution in [0, 0.1) is 5.41 Å². The normalized spacial score (nSPS) is 18.5. The Balaban J connectivity index is 1.32. The molecule has 0 spiro atoms. The molecule has 35 heavy (non-hydrogen) atoms. The van der Waals surface area contributed by atoms with Crippen molar-refractivity contribution >= 4 is 11.9 Å². The molecule has 1 aromatic carbocycles. The van der Waals surface area contributed by atoms with Crippen molar-refractivity contribution < 1.29 is 4.79 Å². The van der Waals surface area contributed by atoms with Crippen molar-refractivity contribution in [2.45, 2.75) is 46.7 Å². The van der Waals surface area contributed by atoms with Crippen LogP contribution < -0.4 is 10.5 Å². The molecule has 0 aliphatic carbocycles. The summed E-state index contributed by atoms with van der Waals surface area (Å²) in [7, 11) is 0. The number of rotatable bonds is 6. The summed E-state index contributed by atoms with van der Waals surface area (Å²) in [5, 5.41) is 0. The first-order valence-corrected chi connectivity index (χ1v) is 12.9. The number of carbonyl (C=O) groups excluding carboxylic acids is 1. The Morgan fingerprint density at radius 3 is 2.29 bits per heavy atom. The largest absolute Gasteiger partial charge is 0.341 e. The van der Waals surface area contributed by atoms with Crippen LogP contribution in [0.2, 0.25) is 0 Å². The van der Waals surface area contributed by atoms with Gasteiger partial charge in [-0.15, -0.1) is 0 Å². The molecule has 0 unspecified atom stereocenters. The molecule has 1 amide bonds. The smallest absolute Gasteiger partial charge is 0.252 e. The van der Waals surface area contributed by atoms with Gasteiger partial charge in [-0.3, -0.25) is 24.4 Å². The summed E-state index contributed by atoms with van der Waals surface area (Å²) in [4.78, 5) is 41.8. The molecule has 4 rings (SSSR count). The molecule has 8 heteroatoms. The van der Waals surface area contributed by atoms with Crippen LogP contribution in [0.25, 0.3) is 0 Å². The highest BCUT2D eigenvalue weighted by atomic mass is 16.2. The quantitative estimate of drug-likeness (QED) is 0.685. The first-order valence-electron chi connectivity index (χ1n) is 12.9. The standard InChI is InChI=1S/C27H40N6O2/c1-27(2,3)19-25(35)32-10-7-11-33(17-16-32)26-28-23(18-24(34)29-26)21-31-14-12-30(13-15-31)20-22-8-5-4-6-9-22/h4-6,8-9,18H,7,10-17,19-21H2,1-3H3,(H,28,29,34). The maximum absolute atomic E-state index is 12.7. The van der Waals surface area contributed by atoms with E-state index in [1.807, 2.05) is 4.90 Å². The highest BCUT2D eigenvalue weighted by Crippen LogP contribution is 2.21. The van der Waals surface area contributed by atoms with Gasteiger partial charge in [0.1, 0.15) is 0 Å². The molecular formula is C27H40N6O2. The molecule has 190 valence electrons. The highest BCUT2D eigenvalue weighted by Gasteiger charge is 2.25. The molecule has 0 saturated carbocycles. The number of aromatic nitrogens is 2. The maximum atomic E-state index is 12.7. The highest BCUT2D eigenvalue weighted by molar-refractivity contribution is 5.76. The summed E-state index contributed by atoms with van der Waals surface area (Å²) in [5.74, 6) is 0.835. The van der Waals surface area contributed by atoms with Gasteiger partial charge in [0.25, 0.3) is 5.56 Å². The van der Waals surface area contributed by atoms with E-state index in [1.54, 1.807) is 6.07 Å². The predicted molar refractivity (Wildman–Crippen MR) is 139 cm³/mol. The lowest BCUT2D eigenvalue weighted by Gasteiger charge is -2.34. The van der Waals surface area contributed by atoms with Gasteiger partial charge in [0.05, 0.1) is 5.69 Å². The van der Waals surface area contributed by atoms with E-state index < -0.39 is 0 Å². The van der Waals surface area contributed by atoms with E-state index in [4.69, 9.17) is 4.98 Å². The van der Waals surface area contributed by atoms with Gasteiger partial charge in [0, 0.05) is 77.9 Å². The molecule has 8 nitrogen and oxygen atoms in total. The fraction of sp³-hybridized carbons (Fsp3) is 0.593. The van der Waals surface area contributed by atoms with Gasteiger partial charge in [0.15, 0.2) is 0 Å². The summed E-state index contributed by atoms with van der Waals surface area (Å²) in [5.41, 5.74) is 2.03. The number of hydrogen-bond donors (Lipinski definition) is 1. The van der Waals surface area contributed by atoms with E-state index in [1.165, 1.54) is 5.56 Å². The number of piperazine rings is 1. The van der Waals surface area contributed by atoms with Crippen LogP contribution in [0.5, 0.6) is 0 Å². The van der Waals surface area contributed by atoms with E-state index in [-0.39, 0.29) is 16.9 Å². The average Bonchev–Trinajstić information content (AvgIpc) is 3.06. The van der Waals surface area contributed by atoms with Gasteiger partial charge >= 0.3 is 0 Å². The van der Waals surface area contributed by atoms with Crippen LogP contribution >= 0.6 is 0 Å². The lowest BCUT2D eigenvalue weighted by molar-refractivity contribution is -0.132. The Morgan fingerprint density at radius 2 is 1.60 bits per heavy atom. The Bertz CT molecular complexity index is 1020. The molecule has 0 radical (unpaired) electrons. The molecule has 2 aromatic rings. The van der Waals surface area contributed by atoms with Gasteiger partial charge in [-0.2, -0.15) is 0 Å². The minimum Gasteiger partial charge on any atom is -0.341 e. The van der Waals surface area contributed by atoms with Crippen LogP contribution in [0.4, 0.5) is 5.95 Å². The first-order chi connectivity index (χ1) is 16.7. The zero-order valence-electron chi connectivity index (χ0n) is 21.5. The molecule has 0 bridgehead atoms. The van der Waals surface area contributed by atoms with Gasteiger partial charge in [-0.25, -0.2) is 4.98 Å². The summed E-state index contributed by atoms with van der Waals surface area (Å²) < 4.78 is 0. The number of nitrogens with zero attached hydrogens (tertiary/aromatic N) is 5. The summed E-state index contributed by atoms with van der Waals surface area (Å²) >= 11 is 0. The van der Waals surface area contributed by atoms with Crippen molar-refractivity contribution in [3.63, 3.8) is 0 Å². The number of aromatic amines is 1. The predicted octanol–water partition coefficient (Wildman–Crippen LogP) is 2.56. The van der Waals surface area contributed by atoms with Crippen molar-refractivity contribution in [3.05, 3.63) is 58.0 Å². The molecule has 1 N–H and O–H groups in total. The van der Waals surface area contributed by atoms with Crippen molar-refractivity contribution in [2.75, 3.05) is 57.3 Å². The molecular weight excluding hydrogens is 440 g/mol. The van der Waals surface area contributed by atoms with E-state index in [2.05, 4.69) is 70.8 Å². The van der Waals surface area contributed by atoms with Crippen LogP contribution in [0.15, 0.2) is 41.2 Å². The topological polar surface area (TPSA) is 75.8 Å². The molecule has 0 atom stereocenters. The third kappa shape index (κ3) is 7.64. The SMILES string of the molecule is CC(C)(C)CC(=O)N1CCCN(c2nc(CN3CCN(Cc4ccccc4)CC3)cc(=O)[nH]2)CC1. The number of carbonyl (C=O) groups is 1.